The number of thiazole rings is 1. The zero-order chi connectivity index (χ0) is 13.2. The lowest BCUT2D eigenvalue weighted by Gasteiger charge is -2.18. The Morgan fingerprint density at radius 3 is 2.74 bits per heavy atom. The first-order valence-electron chi connectivity index (χ1n) is 6.77. The maximum Gasteiger partial charge on any atom is 0.147 e. The van der Waals surface area contributed by atoms with Gasteiger partial charge in [0.15, 0.2) is 0 Å². The molecule has 0 radical (unpaired) electrons. The van der Waals surface area contributed by atoms with Crippen molar-refractivity contribution in [2.75, 3.05) is 18.0 Å². The Kier molecular flexibility index (Phi) is 3.51. The molecule has 0 amide bonds. The average Bonchev–Trinajstić information content (AvgIpc) is 3.10. The highest BCUT2D eigenvalue weighted by molar-refractivity contribution is 7.09. The molecule has 1 saturated heterocycles. The van der Waals surface area contributed by atoms with Gasteiger partial charge in [-0.3, -0.25) is 0 Å². The highest BCUT2D eigenvalue weighted by Gasteiger charge is 2.16. The van der Waals surface area contributed by atoms with Crippen molar-refractivity contribution in [2.45, 2.75) is 26.2 Å². The van der Waals surface area contributed by atoms with Crippen molar-refractivity contribution >= 4 is 17.0 Å². The number of aromatic nitrogens is 1. The van der Waals surface area contributed by atoms with Crippen LogP contribution in [0.25, 0.3) is 11.3 Å². The van der Waals surface area contributed by atoms with Crippen LogP contribution in [-0.4, -0.2) is 18.1 Å². The minimum Gasteiger partial charge on any atom is -0.369 e. The van der Waals surface area contributed by atoms with Crippen molar-refractivity contribution in [1.82, 2.24) is 4.98 Å². The third kappa shape index (κ3) is 2.50. The Balaban J connectivity index is 1.90. The standard InChI is InChI=1S/C15H17FN2S/c1-2-15-17-13(10-19-15)11-5-6-14(12(16)9-11)18-7-3-4-8-18/h5-6,9-10H,2-4,7-8H2,1H3. The second-order valence-electron chi connectivity index (χ2n) is 4.84. The zero-order valence-corrected chi connectivity index (χ0v) is 11.8. The van der Waals surface area contributed by atoms with Gasteiger partial charge in [-0.05, 0) is 31.4 Å². The van der Waals surface area contributed by atoms with Crippen molar-refractivity contribution in [3.63, 3.8) is 0 Å². The normalized spacial score (nSPS) is 15.2. The molecule has 3 rings (SSSR count). The zero-order valence-electron chi connectivity index (χ0n) is 11.0. The van der Waals surface area contributed by atoms with Crippen molar-refractivity contribution < 1.29 is 4.39 Å². The Morgan fingerprint density at radius 2 is 2.11 bits per heavy atom. The van der Waals surface area contributed by atoms with Crippen LogP contribution >= 0.6 is 11.3 Å². The number of benzene rings is 1. The molecule has 1 fully saturated rings. The number of nitrogens with zero attached hydrogens (tertiary/aromatic N) is 2. The summed E-state index contributed by atoms with van der Waals surface area (Å²) in [6, 6.07) is 5.48. The molecule has 2 aromatic rings. The van der Waals surface area contributed by atoms with Crippen LogP contribution in [0.15, 0.2) is 23.6 Å². The fourth-order valence-electron chi connectivity index (χ4n) is 2.49. The van der Waals surface area contributed by atoms with Gasteiger partial charge < -0.3 is 4.90 Å². The summed E-state index contributed by atoms with van der Waals surface area (Å²) < 4.78 is 14.2. The number of hydrogen-bond donors (Lipinski definition) is 0. The van der Waals surface area contributed by atoms with Crippen molar-refractivity contribution in [1.29, 1.82) is 0 Å². The topological polar surface area (TPSA) is 16.1 Å². The summed E-state index contributed by atoms with van der Waals surface area (Å²) in [4.78, 5) is 6.63. The SMILES string of the molecule is CCc1nc(-c2ccc(N3CCCC3)c(F)c2)cs1. The Labute approximate surface area is 116 Å². The van der Waals surface area contributed by atoms with Gasteiger partial charge in [-0.1, -0.05) is 13.0 Å². The molecular formula is C15H17FN2S. The number of halogens is 1. The second-order valence-corrected chi connectivity index (χ2v) is 5.78. The number of hydrogen-bond acceptors (Lipinski definition) is 3. The number of aryl methyl sites for hydroxylation is 1. The minimum atomic E-state index is -0.134. The molecule has 0 saturated carbocycles. The van der Waals surface area contributed by atoms with Crippen molar-refractivity contribution in [2.24, 2.45) is 0 Å². The van der Waals surface area contributed by atoms with Crippen LogP contribution in [0.4, 0.5) is 10.1 Å². The third-order valence-electron chi connectivity index (χ3n) is 3.54. The second kappa shape index (κ2) is 5.29. The van der Waals surface area contributed by atoms with Gasteiger partial charge >= 0.3 is 0 Å². The first kappa shape index (κ1) is 12.6. The van der Waals surface area contributed by atoms with Crippen LogP contribution in [0.2, 0.25) is 0 Å². The quantitative estimate of drug-likeness (QED) is 0.838. The third-order valence-corrected chi connectivity index (χ3v) is 4.54. The Bertz CT molecular complexity index is 573. The molecular weight excluding hydrogens is 259 g/mol. The van der Waals surface area contributed by atoms with E-state index in [1.54, 1.807) is 17.4 Å². The smallest absolute Gasteiger partial charge is 0.147 e. The van der Waals surface area contributed by atoms with E-state index in [2.05, 4.69) is 16.8 Å². The highest BCUT2D eigenvalue weighted by Crippen LogP contribution is 2.29. The van der Waals surface area contributed by atoms with Gasteiger partial charge in [0, 0.05) is 24.0 Å². The molecule has 4 heteroatoms. The lowest BCUT2D eigenvalue weighted by molar-refractivity contribution is 0.623. The van der Waals surface area contributed by atoms with Gasteiger partial charge in [-0.15, -0.1) is 11.3 Å². The Morgan fingerprint density at radius 1 is 1.32 bits per heavy atom. The first-order valence-corrected chi connectivity index (χ1v) is 7.65. The van der Waals surface area contributed by atoms with Gasteiger partial charge in [0.1, 0.15) is 5.82 Å². The number of anilines is 1. The van der Waals surface area contributed by atoms with Gasteiger partial charge in [0.25, 0.3) is 0 Å². The van der Waals surface area contributed by atoms with Crippen LogP contribution in [0.1, 0.15) is 24.8 Å². The van der Waals surface area contributed by atoms with E-state index in [9.17, 15) is 4.39 Å². The maximum absolute atomic E-state index is 14.2. The van der Waals surface area contributed by atoms with E-state index < -0.39 is 0 Å². The van der Waals surface area contributed by atoms with E-state index in [0.717, 1.165) is 54.3 Å². The van der Waals surface area contributed by atoms with Gasteiger partial charge in [0.2, 0.25) is 0 Å². The van der Waals surface area contributed by atoms with Gasteiger partial charge in [-0.25, -0.2) is 9.37 Å². The molecule has 19 heavy (non-hydrogen) atoms. The van der Waals surface area contributed by atoms with Crippen LogP contribution in [0, 0.1) is 5.82 Å². The van der Waals surface area contributed by atoms with E-state index in [1.165, 1.54) is 0 Å². The van der Waals surface area contributed by atoms with Crippen molar-refractivity contribution in [3.8, 4) is 11.3 Å². The molecule has 0 atom stereocenters. The summed E-state index contributed by atoms with van der Waals surface area (Å²) in [6.45, 7) is 4.01. The van der Waals surface area contributed by atoms with Crippen LogP contribution in [0.5, 0.6) is 0 Å². The minimum absolute atomic E-state index is 0.134. The fraction of sp³-hybridized carbons (Fsp3) is 0.400. The van der Waals surface area contributed by atoms with E-state index >= 15 is 0 Å². The summed E-state index contributed by atoms with van der Waals surface area (Å²) in [5.41, 5.74) is 2.48. The molecule has 0 N–H and O–H groups in total. The fourth-order valence-corrected chi connectivity index (χ4v) is 3.24. The summed E-state index contributed by atoms with van der Waals surface area (Å²) in [5.74, 6) is -0.134. The first-order chi connectivity index (χ1) is 9.28. The molecule has 1 aromatic heterocycles. The maximum atomic E-state index is 14.2. The summed E-state index contributed by atoms with van der Waals surface area (Å²) in [7, 11) is 0. The molecule has 1 aromatic carbocycles. The molecule has 100 valence electrons. The van der Waals surface area contributed by atoms with Gasteiger partial charge in [0.05, 0.1) is 16.4 Å². The van der Waals surface area contributed by atoms with Gasteiger partial charge in [-0.2, -0.15) is 0 Å². The van der Waals surface area contributed by atoms with Crippen LogP contribution in [0.3, 0.4) is 0 Å². The number of rotatable bonds is 3. The molecule has 0 spiro atoms. The van der Waals surface area contributed by atoms with Crippen LogP contribution in [-0.2, 0) is 6.42 Å². The predicted molar refractivity (Wildman–Crippen MR) is 78.3 cm³/mol. The molecule has 0 unspecified atom stereocenters. The van der Waals surface area contributed by atoms with Crippen molar-refractivity contribution in [3.05, 3.63) is 34.4 Å². The van der Waals surface area contributed by atoms with E-state index in [-0.39, 0.29) is 5.82 Å². The molecule has 0 bridgehead atoms. The van der Waals surface area contributed by atoms with E-state index in [0.29, 0.717) is 0 Å². The lowest BCUT2D eigenvalue weighted by atomic mass is 10.1. The van der Waals surface area contributed by atoms with E-state index in [4.69, 9.17) is 0 Å². The molecule has 0 aliphatic carbocycles. The molecule has 2 heterocycles. The summed E-state index contributed by atoms with van der Waals surface area (Å²) in [5, 5.41) is 3.10. The Hall–Kier alpha value is -1.42. The predicted octanol–water partition coefficient (Wildman–Crippen LogP) is 4.11. The average molecular weight is 276 g/mol. The molecule has 2 nitrogen and oxygen atoms in total. The van der Waals surface area contributed by atoms with Crippen LogP contribution < -0.4 is 4.90 Å². The van der Waals surface area contributed by atoms with E-state index in [1.807, 2.05) is 17.5 Å². The summed E-state index contributed by atoms with van der Waals surface area (Å²) in [6.07, 6.45) is 3.25. The summed E-state index contributed by atoms with van der Waals surface area (Å²) >= 11 is 1.64. The monoisotopic (exact) mass is 276 g/mol. The molecule has 1 aliphatic heterocycles. The lowest BCUT2D eigenvalue weighted by Crippen LogP contribution is -2.18. The highest BCUT2D eigenvalue weighted by atomic mass is 32.1. The molecule has 1 aliphatic rings. The largest absolute Gasteiger partial charge is 0.369 e.